The summed E-state index contributed by atoms with van der Waals surface area (Å²) in [6.07, 6.45) is -5.08. The van der Waals surface area contributed by atoms with Gasteiger partial charge in [0, 0.05) is 5.41 Å². The van der Waals surface area contributed by atoms with Crippen molar-refractivity contribution in [2.24, 2.45) is 5.41 Å². The second kappa shape index (κ2) is 9.37. The molecule has 3 aliphatic rings. The van der Waals surface area contributed by atoms with E-state index in [0.717, 1.165) is 22.5 Å². The Labute approximate surface area is 226 Å². The number of anilines is 1. The lowest BCUT2D eigenvalue weighted by atomic mass is 9.78. The van der Waals surface area contributed by atoms with E-state index in [1.165, 1.54) is 0 Å². The molecule has 1 N–H and O–H groups in total. The van der Waals surface area contributed by atoms with Gasteiger partial charge in [-0.1, -0.05) is 12.1 Å². The first-order valence-corrected chi connectivity index (χ1v) is 14.1. The van der Waals surface area contributed by atoms with Gasteiger partial charge in [0.1, 0.15) is 11.9 Å². The average molecular weight is 569 g/mol. The molecule has 2 saturated heterocycles. The maximum atomic E-state index is 13.9. The molecule has 0 saturated carbocycles. The highest BCUT2D eigenvalue weighted by molar-refractivity contribution is 7.92. The Kier molecular flexibility index (Phi) is 6.78. The van der Waals surface area contributed by atoms with Crippen LogP contribution in [0.2, 0.25) is 0 Å². The summed E-state index contributed by atoms with van der Waals surface area (Å²) in [5.74, 6) is 0.246. The van der Waals surface area contributed by atoms with Crippen LogP contribution in [0.4, 0.5) is 18.9 Å². The van der Waals surface area contributed by atoms with Crippen LogP contribution in [0.25, 0.3) is 0 Å². The van der Waals surface area contributed by atoms with Crippen LogP contribution >= 0.6 is 0 Å². The number of aliphatic hydroxyl groups excluding tert-OH is 1. The number of aliphatic hydroxyl groups is 1. The van der Waals surface area contributed by atoms with Crippen LogP contribution in [-0.2, 0) is 30.2 Å². The first-order chi connectivity index (χ1) is 18.1. The Balaban J connectivity index is 1.56. The van der Waals surface area contributed by atoms with E-state index in [4.69, 9.17) is 18.8 Å². The molecule has 3 aliphatic heterocycles. The molecule has 1 unspecified atom stereocenters. The van der Waals surface area contributed by atoms with Crippen molar-refractivity contribution in [3.8, 4) is 5.75 Å². The van der Waals surface area contributed by atoms with Crippen molar-refractivity contribution in [1.82, 2.24) is 0 Å². The Hall–Kier alpha value is -2.32. The molecule has 2 aromatic rings. The van der Waals surface area contributed by atoms with Gasteiger partial charge in [-0.2, -0.15) is 13.2 Å². The van der Waals surface area contributed by atoms with Crippen molar-refractivity contribution in [3.63, 3.8) is 0 Å². The minimum atomic E-state index is -4.71. The molecule has 212 valence electrons. The predicted octanol–water partition coefficient (Wildman–Crippen LogP) is 3.36. The predicted molar refractivity (Wildman–Crippen MR) is 138 cm³/mol. The lowest BCUT2D eigenvalue weighted by Crippen LogP contribution is -2.52. The quantitative estimate of drug-likeness (QED) is 0.534. The molecule has 0 amide bonds. The SMILES string of the molecule is CC1(C)OB(c2ccc3c(c2)N(S(=O)(=O)c2cccc(C(F)(F)F)c2)CC(CC2(CO)COC2)O3)OC1(C)C. The molecule has 2 aromatic carbocycles. The first-order valence-electron chi connectivity index (χ1n) is 12.6. The zero-order chi connectivity index (χ0) is 28.4. The maximum absolute atomic E-state index is 13.9. The van der Waals surface area contributed by atoms with Crippen LogP contribution in [0.5, 0.6) is 5.75 Å². The molecule has 13 heteroatoms. The van der Waals surface area contributed by atoms with E-state index in [1.54, 1.807) is 18.2 Å². The molecular weight excluding hydrogens is 538 g/mol. The molecule has 0 aliphatic carbocycles. The monoisotopic (exact) mass is 569 g/mol. The molecule has 1 atom stereocenters. The van der Waals surface area contributed by atoms with E-state index in [1.807, 2.05) is 27.7 Å². The number of hydrogen-bond donors (Lipinski definition) is 1. The average Bonchev–Trinajstić information content (AvgIpc) is 3.06. The lowest BCUT2D eigenvalue weighted by Gasteiger charge is -2.44. The number of alkyl halides is 3. The number of rotatable bonds is 6. The largest absolute Gasteiger partial charge is 0.494 e. The van der Waals surface area contributed by atoms with E-state index in [-0.39, 0.29) is 24.6 Å². The number of hydrogen-bond acceptors (Lipinski definition) is 7. The van der Waals surface area contributed by atoms with Gasteiger partial charge >= 0.3 is 13.3 Å². The van der Waals surface area contributed by atoms with Gasteiger partial charge in [0.05, 0.1) is 53.7 Å². The van der Waals surface area contributed by atoms with Gasteiger partial charge in [0.25, 0.3) is 10.0 Å². The van der Waals surface area contributed by atoms with Gasteiger partial charge in [0.2, 0.25) is 0 Å². The summed E-state index contributed by atoms with van der Waals surface area (Å²) in [5.41, 5.74) is -2.21. The van der Waals surface area contributed by atoms with Crippen molar-refractivity contribution in [2.75, 3.05) is 30.7 Å². The third-order valence-electron chi connectivity index (χ3n) is 8.00. The number of ether oxygens (including phenoxy) is 2. The van der Waals surface area contributed by atoms with Crippen LogP contribution in [0.3, 0.4) is 0 Å². The van der Waals surface area contributed by atoms with Crippen LogP contribution in [0.1, 0.15) is 39.7 Å². The summed E-state index contributed by atoms with van der Waals surface area (Å²) in [7, 11) is -5.24. The molecule has 2 fully saturated rings. The van der Waals surface area contributed by atoms with Gasteiger partial charge in [-0.3, -0.25) is 4.31 Å². The van der Waals surface area contributed by atoms with Crippen molar-refractivity contribution < 1.29 is 45.5 Å². The minimum absolute atomic E-state index is 0.166. The second-order valence-electron chi connectivity index (χ2n) is 11.5. The first kappa shape index (κ1) is 28.2. The van der Waals surface area contributed by atoms with E-state index in [2.05, 4.69) is 0 Å². The highest BCUT2D eigenvalue weighted by Crippen LogP contribution is 2.42. The van der Waals surface area contributed by atoms with Gasteiger partial charge in [0.15, 0.2) is 0 Å². The Morgan fingerprint density at radius 1 is 1.05 bits per heavy atom. The summed E-state index contributed by atoms with van der Waals surface area (Å²) >= 11 is 0. The highest BCUT2D eigenvalue weighted by Gasteiger charge is 2.52. The van der Waals surface area contributed by atoms with Crippen molar-refractivity contribution in [2.45, 2.75) is 62.5 Å². The fourth-order valence-corrected chi connectivity index (χ4v) is 6.44. The van der Waals surface area contributed by atoms with Crippen molar-refractivity contribution in [3.05, 3.63) is 48.0 Å². The summed E-state index contributed by atoms with van der Waals surface area (Å²) < 4.78 is 92.9. The van der Waals surface area contributed by atoms with E-state index < -0.39 is 56.5 Å². The van der Waals surface area contributed by atoms with Gasteiger partial charge in [-0.15, -0.1) is 0 Å². The summed E-state index contributed by atoms with van der Waals surface area (Å²) in [6.45, 7) is 7.85. The molecule has 8 nitrogen and oxygen atoms in total. The summed E-state index contributed by atoms with van der Waals surface area (Å²) in [4.78, 5) is -0.492. The van der Waals surface area contributed by atoms with Crippen LogP contribution in [0, 0.1) is 5.41 Å². The van der Waals surface area contributed by atoms with Gasteiger partial charge in [-0.05, 0) is 69.9 Å². The van der Waals surface area contributed by atoms with Crippen LogP contribution in [-0.4, -0.2) is 64.3 Å². The smallest absolute Gasteiger partial charge is 0.486 e. The maximum Gasteiger partial charge on any atom is 0.494 e. The Bertz CT molecular complexity index is 1340. The molecule has 0 spiro atoms. The standard InChI is InChI=1S/C26H31BF3NO7S/c1-23(2)24(3,4)38-27(37-23)18-8-9-22-21(11-18)31(13-19(36-22)12-25(14-32)15-35-16-25)39(33,34)20-7-5-6-17(10-20)26(28,29)30/h5-11,19,32H,12-16H2,1-4H3. The zero-order valence-electron chi connectivity index (χ0n) is 22.1. The van der Waals surface area contributed by atoms with E-state index in [0.29, 0.717) is 31.2 Å². The number of halogens is 3. The minimum Gasteiger partial charge on any atom is -0.486 e. The van der Waals surface area contributed by atoms with Crippen molar-refractivity contribution in [1.29, 1.82) is 0 Å². The molecule has 0 aromatic heterocycles. The topological polar surface area (TPSA) is 94.5 Å². The normalized spacial score (nSPS) is 23.6. The number of benzene rings is 2. The Morgan fingerprint density at radius 2 is 1.72 bits per heavy atom. The van der Waals surface area contributed by atoms with Crippen molar-refractivity contribution >= 4 is 28.3 Å². The summed E-state index contributed by atoms with van der Waals surface area (Å²) in [6, 6.07) is 8.57. The molecule has 39 heavy (non-hydrogen) atoms. The van der Waals surface area contributed by atoms with Gasteiger partial charge in [-0.25, -0.2) is 8.42 Å². The Morgan fingerprint density at radius 3 is 2.28 bits per heavy atom. The molecule has 3 heterocycles. The van der Waals surface area contributed by atoms with Crippen LogP contribution < -0.4 is 14.5 Å². The fraction of sp³-hybridized carbons (Fsp3) is 0.538. The molecular formula is C26H31BF3NO7S. The number of fused-ring (bicyclic) bond motifs is 1. The van der Waals surface area contributed by atoms with Gasteiger partial charge < -0.3 is 23.9 Å². The molecule has 0 radical (unpaired) electrons. The lowest BCUT2D eigenvalue weighted by molar-refractivity contribution is -0.151. The van der Waals surface area contributed by atoms with E-state index >= 15 is 0 Å². The van der Waals surface area contributed by atoms with Crippen LogP contribution in [0.15, 0.2) is 47.4 Å². The number of nitrogens with zero attached hydrogens (tertiary/aromatic N) is 1. The third kappa shape index (κ3) is 5.03. The summed E-state index contributed by atoms with van der Waals surface area (Å²) in [5, 5.41) is 9.91. The van der Waals surface area contributed by atoms with E-state index in [9.17, 15) is 26.7 Å². The second-order valence-corrected chi connectivity index (χ2v) is 13.3. The molecule has 5 rings (SSSR count). The highest BCUT2D eigenvalue weighted by atomic mass is 32.2. The zero-order valence-corrected chi connectivity index (χ0v) is 22.9. The fourth-order valence-electron chi connectivity index (χ4n) is 4.90. The third-order valence-corrected chi connectivity index (χ3v) is 9.78. The number of sulfonamides is 1. The molecule has 0 bridgehead atoms.